The molecule has 1 atom stereocenters. The molecule has 0 aromatic heterocycles. The van der Waals surface area contributed by atoms with Gasteiger partial charge in [0.25, 0.3) is 0 Å². The Morgan fingerprint density at radius 3 is 2.50 bits per heavy atom. The second-order valence-corrected chi connectivity index (χ2v) is 4.95. The van der Waals surface area contributed by atoms with E-state index in [-0.39, 0.29) is 4.47 Å². The number of aliphatic hydroxyl groups excluding tert-OH is 1. The third-order valence-corrected chi connectivity index (χ3v) is 3.84. The first kappa shape index (κ1) is 14.8. The Morgan fingerprint density at radius 2 is 1.85 bits per heavy atom. The van der Waals surface area contributed by atoms with Crippen LogP contribution >= 0.6 is 15.9 Å². The van der Waals surface area contributed by atoms with Gasteiger partial charge in [0.15, 0.2) is 0 Å². The predicted molar refractivity (Wildman–Crippen MR) is 77.7 cm³/mol. The zero-order chi connectivity index (χ0) is 14.7. The maximum Gasteiger partial charge on any atom is 0.137 e. The molecule has 106 valence electrons. The molecule has 0 aliphatic rings. The van der Waals surface area contributed by atoms with Crippen LogP contribution in [0.25, 0.3) is 0 Å². The van der Waals surface area contributed by atoms with E-state index in [0.717, 1.165) is 0 Å². The van der Waals surface area contributed by atoms with Crippen LogP contribution in [0.15, 0.2) is 40.9 Å². The van der Waals surface area contributed by atoms with Gasteiger partial charge in [-0.1, -0.05) is 12.1 Å². The molecule has 0 aliphatic heterocycles. The Kier molecular flexibility index (Phi) is 4.62. The average molecular weight is 341 g/mol. The van der Waals surface area contributed by atoms with E-state index < -0.39 is 11.9 Å². The van der Waals surface area contributed by atoms with Crippen LogP contribution in [0, 0.1) is 5.82 Å². The third kappa shape index (κ3) is 2.78. The fraction of sp³-hybridized carbons (Fsp3) is 0.200. The van der Waals surface area contributed by atoms with Crippen LogP contribution in [0.4, 0.5) is 4.39 Å². The first-order valence-corrected chi connectivity index (χ1v) is 6.71. The van der Waals surface area contributed by atoms with Gasteiger partial charge in [-0.05, 0) is 40.2 Å². The van der Waals surface area contributed by atoms with Gasteiger partial charge in [-0.3, -0.25) is 0 Å². The van der Waals surface area contributed by atoms with E-state index in [1.165, 1.54) is 20.3 Å². The van der Waals surface area contributed by atoms with Gasteiger partial charge in [0.1, 0.15) is 23.4 Å². The standard InChI is InChI=1S/C15H14BrFO3/c1-19-9-6-7-13(20-2)11(8-9)15(18)10-4-3-5-12(17)14(10)16/h3-8,15,18H,1-2H3. The van der Waals surface area contributed by atoms with Gasteiger partial charge in [-0.2, -0.15) is 0 Å². The van der Waals surface area contributed by atoms with Crippen molar-refractivity contribution in [1.29, 1.82) is 0 Å². The van der Waals surface area contributed by atoms with Gasteiger partial charge in [-0.25, -0.2) is 4.39 Å². The average Bonchev–Trinajstić information content (AvgIpc) is 2.48. The highest BCUT2D eigenvalue weighted by Gasteiger charge is 2.20. The molecule has 0 heterocycles. The highest BCUT2D eigenvalue weighted by atomic mass is 79.9. The van der Waals surface area contributed by atoms with Crippen molar-refractivity contribution in [3.05, 3.63) is 57.8 Å². The number of aliphatic hydroxyl groups is 1. The Balaban J connectivity index is 2.51. The lowest BCUT2D eigenvalue weighted by Crippen LogP contribution is -2.04. The lowest BCUT2D eigenvalue weighted by atomic mass is 10.00. The number of hydrogen-bond acceptors (Lipinski definition) is 3. The van der Waals surface area contributed by atoms with Crippen LogP contribution in [-0.4, -0.2) is 19.3 Å². The van der Waals surface area contributed by atoms with E-state index >= 15 is 0 Å². The quantitative estimate of drug-likeness (QED) is 0.922. The van der Waals surface area contributed by atoms with Crippen molar-refractivity contribution in [3.8, 4) is 11.5 Å². The Bertz CT molecular complexity index is 616. The Hall–Kier alpha value is -1.59. The number of benzene rings is 2. The van der Waals surface area contributed by atoms with Gasteiger partial charge >= 0.3 is 0 Å². The molecule has 2 aromatic carbocycles. The van der Waals surface area contributed by atoms with E-state index in [9.17, 15) is 9.50 Å². The Morgan fingerprint density at radius 1 is 1.10 bits per heavy atom. The van der Waals surface area contributed by atoms with Crippen molar-refractivity contribution in [3.63, 3.8) is 0 Å². The van der Waals surface area contributed by atoms with Gasteiger partial charge < -0.3 is 14.6 Å². The summed E-state index contributed by atoms with van der Waals surface area (Å²) in [6.45, 7) is 0. The summed E-state index contributed by atoms with van der Waals surface area (Å²) < 4.78 is 24.2. The van der Waals surface area contributed by atoms with E-state index in [2.05, 4.69) is 15.9 Å². The van der Waals surface area contributed by atoms with Gasteiger partial charge in [-0.15, -0.1) is 0 Å². The molecule has 0 saturated heterocycles. The van der Waals surface area contributed by atoms with Gasteiger partial charge in [0.05, 0.1) is 18.7 Å². The zero-order valence-corrected chi connectivity index (χ0v) is 12.6. The minimum atomic E-state index is -1.02. The molecular formula is C15H14BrFO3. The van der Waals surface area contributed by atoms with Crippen LogP contribution < -0.4 is 9.47 Å². The second-order valence-electron chi connectivity index (χ2n) is 4.15. The summed E-state index contributed by atoms with van der Waals surface area (Å²) in [5, 5.41) is 10.5. The minimum Gasteiger partial charge on any atom is -0.497 e. The molecule has 20 heavy (non-hydrogen) atoms. The van der Waals surface area contributed by atoms with Crippen LogP contribution in [0.3, 0.4) is 0 Å². The Labute approximate surface area is 125 Å². The maximum atomic E-state index is 13.6. The SMILES string of the molecule is COc1ccc(OC)c(C(O)c2cccc(F)c2Br)c1. The molecule has 0 aliphatic carbocycles. The molecule has 1 N–H and O–H groups in total. The topological polar surface area (TPSA) is 38.7 Å². The van der Waals surface area contributed by atoms with Crippen LogP contribution in [0.5, 0.6) is 11.5 Å². The summed E-state index contributed by atoms with van der Waals surface area (Å²) in [6.07, 6.45) is -1.02. The third-order valence-electron chi connectivity index (χ3n) is 3.01. The fourth-order valence-electron chi connectivity index (χ4n) is 1.95. The van der Waals surface area contributed by atoms with Gasteiger partial charge in [0.2, 0.25) is 0 Å². The highest BCUT2D eigenvalue weighted by Crippen LogP contribution is 2.36. The molecule has 0 amide bonds. The van der Waals surface area contributed by atoms with Crippen molar-refractivity contribution >= 4 is 15.9 Å². The van der Waals surface area contributed by atoms with Crippen molar-refractivity contribution in [2.45, 2.75) is 6.10 Å². The molecule has 5 heteroatoms. The molecular weight excluding hydrogens is 327 g/mol. The molecule has 0 fully saturated rings. The lowest BCUT2D eigenvalue weighted by molar-refractivity contribution is 0.212. The van der Waals surface area contributed by atoms with Crippen LogP contribution in [0.1, 0.15) is 17.2 Å². The molecule has 2 aromatic rings. The summed E-state index contributed by atoms with van der Waals surface area (Å²) in [5.41, 5.74) is 0.940. The van der Waals surface area contributed by atoms with Gasteiger partial charge in [0, 0.05) is 11.1 Å². The van der Waals surface area contributed by atoms with E-state index in [1.54, 1.807) is 30.3 Å². The smallest absolute Gasteiger partial charge is 0.137 e. The van der Waals surface area contributed by atoms with E-state index in [1.807, 2.05) is 0 Å². The number of rotatable bonds is 4. The lowest BCUT2D eigenvalue weighted by Gasteiger charge is -2.17. The van der Waals surface area contributed by atoms with Crippen LogP contribution in [-0.2, 0) is 0 Å². The highest BCUT2D eigenvalue weighted by molar-refractivity contribution is 9.10. The summed E-state index contributed by atoms with van der Waals surface area (Å²) >= 11 is 3.15. The number of halogens is 2. The second kappa shape index (κ2) is 6.24. The molecule has 0 spiro atoms. The first-order chi connectivity index (χ1) is 9.58. The van der Waals surface area contributed by atoms with E-state index in [0.29, 0.717) is 22.6 Å². The maximum absolute atomic E-state index is 13.6. The summed E-state index contributed by atoms with van der Waals surface area (Å²) in [6, 6.07) is 9.62. The summed E-state index contributed by atoms with van der Waals surface area (Å²) in [4.78, 5) is 0. The van der Waals surface area contributed by atoms with E-state index in [4.69, 9.17) is 9.47 Å². The zero-order valence-electron chi connectivity index (χ0n) is 11.1. The number of methoxy groups -OCH3 is 2. The van der Waals surface area contributed by atoms with Crippen molar-refractivity contribution in [1.82, 2.24) is 0 Å². The molecule has 3 nitrogen and oxygen atoms in total. The first-order valence-electron chi connectivity index (χ1n) is 5.92. The fourth-order valence-corrected chi connectivity index (χ4v) is 2.43. The van der Waals surface area contributed by atoms with Crippen molar-refractivity contribution < 1.29 is 19.0 Å². The molecule has 0 saturated carbocycles. The molecule has 2 rings (SSSR count). The van der Waals surface area contributed by atoms with Crippen molar-refractivity contribution in [2.24, 2.45) is 0 Å². The molecule has 1 unspecified atom stereocenters. The summed E-state index contributed by atoms with van der Waals surface area (Å²) in [5.74, 6) is 0.672. The predicted octanol–water partition coefficient (Wildman–Crippen LogP) is 3.69. The van der Waals surface area contributed by atoms with Crippen LogP contribution in [0.2, 0.25) is 0 Å². The number of hydrogen-bond donors (Lipinski definition) is 1. The largest absolute Gasteiger partial charge is 0.497 e. The monoisotopic (exact) mass is 340 g/mol. The molecule has 0 radical (unpaired) electrons. The minimum absolute atomic E-state index is 0.234. The summed E-state index contributed by atoms with van der Waals surface area (Å²) in [7, 11) is 3.05. The molecule has 0 bridgehead atoms. The normalized spacial score (nSPS) is 12.1. The van der Waals surface area contributed by atoms with Crippen molar-refractivity contribution in [2.75, 3.05) is 14.2 Å². The number of ether oxygens (including phenoxy) is 2.